The van der Waals surface area contributed by atoms with Crippen LogP contribution in [0.15, 0.2) is 12.7 Å². The first-order valence-corrected chi connectivity index (χ1v) is 4.73. The summed E-state index contributed by atoms with van der Waals surface area (Å²) in [5.74, 6) is 0.291. The minimum Gasteiger partial charge on any atom is -0.378 e. The molecule has 1 aliphatic heterocycles. The zero-order valence-electron chi connectivity index (χ0n) is 8.16. The number of nitrogens with zero attached hydrogens (tertiary/aromatic N) is 1. The second-order valence-corrected chi connectivity index (χ2v) is 3.36. The van der Waals surface area contributed by atoms with Crippen LogP contribution < -0.4 is 0 Å². The molecule has 0 aromatic carbocycles. The Labute approximate surface area is 79.4 Å². The average molecular weight is 183 g/mol. The topological polar surface area (TPSA) is 29.5 Å². The molecule has 0 radical (unpaired) electrons. The van der Waals surface area contributed by atoms with Gasteiger partial charge in [-0.3, -0.25) is 4.79 Å². The average Bonchev–Trinajstić information content (AvgIpc) is 2.18. The molecule has 0 bridgehead atoms. The summed E-state index contributed by atoms with van der Waals surface area (Å²) in [4.78, 5) is 13.6. The molecule has 1 fully saturated rings. The minimum absolute atomic E-state index is 0.0654. The lowest BCUT2D eigenvalue weighted by Gasteiger charge is -2.28. The number of carbonyl (C=O) groups is 1. The van der Waals surface area contributed by atoms with Gasteiger partial charge in [0.1, 0.15) is 0 Å². The molecule has 1 amide bonds. The smallest absolute Gasteiger partial charge is 0.225 e. The van der Waals surface area contributed by atoms with Crippen molar-refractivity contribution in [2.75, 3.05) is 26.3 Å². The van der Waals surface area contributed by atoms with E-state index < -0.39 is 0 Å². The van der Waals surface area contributed by atoms with Gasteiger partial charge >= 0.3 is 0 Å². The predicted octanol–water partition coefficient (Wildman–Crippen LogP) is 1.06. The number of hydrogen-bond acceptors (Lipinski definition) is 2. The van der Waals surface area contributed by atoms with Crippen LogP contribution in [0.1, 0.15) is 13.3 Å². The molecule has 0 aromatic rings. The van der Waals surface area contributed by atoms with E-state index in [1.165, 1.54) is 0 Å². The van der Waals surface area contributed by atoms with Crippen molar-refractivity contribution >= 4 is 5.91 Å². The van der Waals surface area contributed by atoms with Crippen molar-refractivity contribution in [3.05, 3.63) is 12.7 Å². The third kappa shape index (κ3) is 2.84. The summed E-state index contributed by atoms with van der Waals surface area (Å²) in [6.45, 7) is 8.40. The van der Waals surface area contributed by atoms with Gasteiger partial charge in [0.15, 0.2) is 0 Å². The zero-order chi connectivity index (χ0) is 9.68. The molecule has 0 aliphatic carbocycles. The molecule has 0 spiro atoms. The third-order valence-electron chi connectivity index (χ3n) is 2.26. The highest BCUT2D eigenvalue weighted by molar-refractivity contribution is 5.78. The van der Waals surface area contributed by atoms with Gasteiger partial charge in [0.2, 0.25) is 5.91 Å². The van der Waals surface area contributed by atoms with Crippen LogP contribution >= 0.6 is 0 Å². The van der Waals surface area contributed by atoms with Crippen LogP contribution in [0.3, 0.4) is 0 Å². The monoisotopic (exact) mass is 183 g/mol. The van der Waals surface area contributed by atoms with Crippen molar-refractivity contribution in [2.45, 2.75) is 13.3 Å². The first-order valence-electron chi connectivity index (χ1n) is 4.73. The fourth-order valence-electron chi connectivity index (χ4n) is 1.45. The zero-order valence-corrected chi connectivity index (χ0v) is 8.16. The fourth-order valence-corrected chi connectivity index (χ4v) is 1.45. The SMILES string of the molecule is C=CC[C@H](C)C(=O)N1CCOCC1. The van der Waals surface area contributed by atoms with Crippen LogP contribution in [0.25, 0.3) is 0 Å². The molecule has 1 rings (SSSR count). The molecule has 3 heteroatoms. The van der Waals surface area contributed by atoms with Crippen LogP contribution in [0.5, 0.6) is 0 Å². The Morgan fingerprint density at radius 1 is 1.62 bits per heavy atom. The molecular weight excluding hydrogens is 166 g/mol. The Balaban J connectivity index is 2.40. The molecule has 1 heterocycles. The number of carbonyl (C=O) groups excluding carboxylic acids is 1. The molecule has 0 saturated carbocycles. The maximum atomic E-state index is 11.7. The molecule has 0 N–H and O–H groups in total. The largest absolute Gasteiger partial charge is 0.378 e. The maximum Gasteiger partial charge on any atom is 0.225 e. The Morgan fingerprint density at radius 2 is 2.23 bits per heavy atom. The van der Waals surface area contributed by atoms with Crippen molar-refractivity contribution in [1.82, 2.24) is 4.90 Å². The molecule has 1 atom stereocenters. The lowest BCUT2D eigenvalue weighted by atomic mass is 10.1. The summed E-state index contributed by atoms with van der Waals surface area (Å²) in [7, 11) is 0. The van der Waals surface area contributed by atoms with E-state index in [4.69, 9.17) is 4.74 Å². The molecule has 1 saturated heterocycles. The molecule has 0 unspecified atom stereocenters. The highest BCUT2D eigenvalue weighted by Gasteiger charge is 2.20. The van der Waals surface area contributed by atoms with Gasteiger partial charge in [-0.1, -0.05) is 13.0 Å². The van der Waals surface area contributed by atoms with Crippen LogP contribution in [-0.2, 0) is 9.53 Å². The van der Waals surface area contributed by atoms with Crippen LogP contribution in [-0.4, -0.2) is 37.1 Å². The van der Waals surface area contributed by atoms with Gasteiger partial charge in [0, 0.05) is 19.0 Å². The van der Waals surface area contributed by atoms with E-state index in [0.717, 1.165) is 19.5 Å². The Morgan fingerprint density at radius 3 is 2.77 bits per heavy atom. The lowest BCUT2D eigenvalue weighted by Crippen LogP contribution is -2.43. The van der Waals surface area contributed by atoms with Crippen molar-refractivity contribution in [3.8, 4) is 0 Å². The first kappa shape index (κ1) is 10.3. The second-order valence-electron chi connectivity index (χ2n) is 3.36. The van der Waals surface area contributed by atoms with E-state index in [9.17, 15) is 4.79 Å². The van der Waals surface area contributed by atoms with E-state index in [0.29, 0.717) is 13.2 Å². The van der Waals surface area contributed by atoms with Crippen LogP contribution in [0.4, 0.5) is 0 Å². The highest BCUT2D eigenvalue weighted by atomic mass is 16.5. The Hall–Kier alpha value is -0.830. The van der Waals surface area contributed by atoms with Gasteiger partial charge in [0.25, 0.3) is 0 Å². The highest BCUT2D eigenvalue weighted by Crippen LogP contribution is 2.09. The summed E-state index contributed by atoms with van der Waals surface area (Å²) < 4.78 is 5.18. The number of hydrogen-bond donors (Lipinski definition) is 0. The predicted molar refractivity (Wildman–Crippen MR) is 51.4 cm³/mol. The Kier molecular flexibility index (Phi) is 3.96. The van der Waals surface area contributed by atoms with E-state index in [-0.39, 0.29) is 11.8 Å². The molecule has 0 aromatic heterocycles. The number of allylic oxidation sites excluding steroid dienone is 1. The number of ether oxygens (including phenoxy) is 1. The van der Waals surface area contributed by atoms with Crippen molar-refractivity contribution in [2.24, 2.45) is 5.92 Å². The molecule has 1 aliphatic rings. The summed E-state index contributed by atoms with van der Waals surface area (Å²) in [5.41, 5.74) is 0. The van der Waals surface area contributed by atoms with Crippen LogP contribution in [0, 0.1) is 5.92 Å². The van der Waals surface area contributed by atoms with E-state index in [2.05, 4.69) is 6.58 Å². The van der Waals surface area contributed by atoms with Gasteiger partial charge in [-0.25, -0.2) is 0 Å². The second kappa shape index (κ2) is 5.02. The number of morpholine rings is 1. The minimum atomic E-state index is 0.0654. The fraction of sp³-hybridized carbons (Fsp3) is 0.700. The van der Waals surface area contributed by atoms with Gasteiger partial charge < -0.3 is 9.64 Å². The third-order valence-corrected chi connectivity index (χ3v) is 2.26. The summed E-state index contributed by atoms with van der Waals surface area (Å²) in [5, 5.41) is 0. The van der Waals surface area contributed by atoms with Crippen molar-refractivity contribution in [3.63, 3.8) is 0 Å². The van der Waals surface area contributed by atoms with Crippen molar-refractivity contribution in [1.29, 1.82) is 0 Å². The summed E-state index contributed by atoms with van der Waals surface area (Å²) >= 11 is 0. The maximum absolute atomic E-state index is 11.7. The van der Waals surface area contributed by atoms with Gasteiger partial charge in [-0.15, -0.1) is 6.58 Å². The quantitative estimate of drug-likeness (QED) is 0.612. The molecular formula is C10H17NO2. The molecule has 3 nitrogen and oxygen atoms in total. The van der Waals surface area contributed by atoms with E-state index >= 15 is 0 Å². The van der Waals surface area contributed by atoms with E-state index in [1.54, 1.807) is 6.08 Å². The van der Waals surface area contributed by atoms with Gasteiger partial charge in [-0.2, -0.15) is 0 Å². The summed E-state index contributed by atoms with van der Waals surface area (Å²) in [6.07, 6.45) is 2.55. The summed E-state index contributed by atoms with van der Waals surface area (Å²) in [6, 6.07) is 0. The van der Waals surface area contributed by atoms with Crippen LogP contribution in [0.2, 0.25) is 0 Å². The lowest BCUT2D eigenvalue weighted by molar-refractivity contribution is -0.138. The van der Waals surface area contributed by atoms with E-state index in [1.807, 2.05) is 11.8 Å². The van der Waals surface area contributed by atoms with Gasteiger partial charge in [-0.05, 0) is 6.42 Å². The van der Waals surface area contributed by atoms with Gasteiger partial charge in [0.05, 0.1) is 13.2 Å². The Bertz CT molecular complexity index is 185. The number of amides is 1. The molecule has 13 heavy (non-hydrogen) atoms. The number of rotatable bonds is 3. The normalized spacial score (nSPS) is 19.6. The van der Waals surface area contributed by atoms with Crippen molar-refractivity contribution < 1.29 is 9.53 Å². The standard InChI is InChI=1S/C10H17NO2/c1-3-4-9(2)10(12)11-5-7-13-8-6-11/h3,9H,1,4-8H2,2H3/t9-/m0/s1. The first-order chi connectivity index (χ1) is 6.25. The molecule has 74 valence electrons.